The Balaban J connectivity index is 2.23. The third-order valence-corrected chi connectivity index (χ3v) is 6.03. The highest BCUT2D eigenvalue weighted by Gasteiger charge is 2.29. The van der Waals surface area contributed by atoms with Crippen molar-refractivity contribution in [2.45, 2.75) is 17.6 Å². The van der Waals surface area contributed by atoms with Crippen LogP contribution in [0.1, 0.15) is 21.5 Å². The average Bonchev–Trinajstić information content (AvgIpc) is 2.68. The average molecular weight is 395 g/mol. The van der Waals surface area contributed by atoms with E-state index in [1.165, 1.54) is 19.2 Å². The number of carbonyl (C=O) groups excluding carboxylic acids is 2. The molecule has 2 N–H and O–H groups in total. The van der Waals surface area contributed by atoms with Gasteiger partial charge in [-0.05, 0) is 42.3 Å². The molecule has 1 amide bonds. The van der Waals surface area contributed by atoms with E-state index < -0.39 is 15.8 Å². The summed E-state index contributed by atoms with van der Waals surface area (Å²) in [6.45, 7) is 1.69. The summed E-state index contributed by atoms with van der Waals surface area (Å²) in [7, 11) is -2.54. The number of carbonyl (C=O) groups is 2. The molecule has 0 atom stereocenters. The molecule has 2 aromatic rings. The van der Waals surface area contributed by atoms with Gasteiger partial charge in [-0.1, -0.05) is 11.6 Å². The molecule has 9 heteroatoms. The van der Waals surface area contributed by atoms with Crippen molar-refractivity contribution in [1.29, 1.82) is 0 Å². The summed E-state index contributed by atoms with van der Waals surface area (Å²) in [5, 5.41) is 5.80. The van der Waals surface area contributed by atoms with Gasteiger partial charge in [0.25, 0.3) is 0 Å². The van der Waals surface area contributed by atoms with Crippen LogP contribution in [0.15, 0.2) is 29.2 Å². The van der Waals surface area contributed by atoms with E-state index in [0.29, 0.717) is 34.6 Å². The molecule has 2 aromatic carbocycles. The summed E-state index contributed by atoms with van der Waals surface area (Å²) in [4.78, 5) is 22.5. The van der Waals surface area contributed by atoms with Crippen LogP contribution in [0.5, 0.6) is 0 Å². The number of amides is 1. The van der Waals surface area contributed by atoms with Gasteiger partial charge in [-0.15, -0.1) is 0 Å². The molecule has 0 saturated heterocycles. The lowest BCUT2D eigenvalue weighted by molar-refractivity contribution is -0.105. The zero-order chi connectivity index (χ0) is 19.1. The Morgan fingerprint density at radius 1 is 1.27 bits per heavy atom. The van der Waals surface area contributed by atoms with Crippen molar-refractivity contribution in [3.8, 4) is 0 Å². The van der Waals surface area contributed by atoms with Crippen molar-refractivity contribution in [1.82, 2.24) is 0 Å². The fourth-order valence-corrected chi connectivity index (χ4v) is 4.78. The van der Waals surface area contributed by atoms with Gasteiger partial charge in [-0.25, -0.2) is 13.2 Å². The quantitative estimate of drug-likeness (QED) is 0.612. The van der Waals surface area contributed by atoms with Crippen LogP contribution in [0, 0.1) is 6.92 Å². The minimum atomic E-state index is -3.77. The first-order valence-electron chi connectivity index (χ1n) is 7.52. The molecule has 0 bridgehead atoms. The van der Waals surface area contributed by atoms with Gasteiger partial charge in [0.2, 0.25) is 6.41 Å². The molecular weight excluding hydrogens is 380 g/mol. The van der Waals surface area contributed by atoms with Crippen molar-refractivity contribution in [2.75, 3.05) is 17.7 Å². The van der Waals surface area contributed by atoms with Gasteiger partial charge in [-0.3, -0.25) is 4.79 Å². The van der Waals surface area contributed by atoms with Crippen LogP contribution in [-0.2, 0) is 25.1 Å². The number of esters is 1. The number of methoxy groups -OCH3 is 1. The van der Waals surface area contributed by atoms with E-state index in [1.54, 1.807) is 19.1 Å². The first-order chi connectivity index (χ1) is 12.3. The molecule has 0 aliphatic carbocycles. The largest absolute Gasteiger partial charge is 0.465 e. The fourth-order valence-electron chi connectivity index (χ4n) is 2.87. The SMILES string of the molecule is COC(=O)c1cc(C)c2c(c1)S(=O)(=O)Cc1cc(NC=O)cc(Cl)c1N2. The lowest BCUT2D eigenvalue weighted by atomic mass is 10.1. The fraction of sp³-hybridized carbons (Fsp3) is 0.176. The monoisotopic (exact) mass is 394 g/mol. The number of sulfone groups is 1. The van der Waals surface area contributed by atoms with E-state index in [9.17, 15) is 18.0 Å². The summed E-state index contributed by atoms with van der Waals surface area (Å²) in [5.74, 6) is -0.955. The Bertz CT molecular complexity index is 1030. The van der Waals surface area contributed by atoms with E-state index >= 15 is 0 Å². The summed E-state index contributed by atoms with van der Waals surface area (Å²) in [5.41, 5.74) is 2.31. The van der Waals surface area contributed by atoms with Gasteiger partial charge in [0, 0.05) is 5.69 Å². The molecule has 0 aromatic heterocycles. The van der Waals surface area contributed by atoms with Crippen molar-refractivity contribution < 1.29 is 22.7 Å². The molecule has 7 nitrogen and oxygen atoms in total. The van der Waals surface area contributed by atoms with Gasteiger partial charge in [0.15, 0.2) is 9.84 Å². The van der Waals surface area contributed by atoms with Crippen molar-refractivity contribution >= 4 is 50.9 Å². The Hall–Kier alpha value is -2.58. The number of ether oxygens (including phenoxy) is 1. The Morgan fingerprint density at radius 3 is 2.65 bits per heavy atom. The minimum Gasteiger partial charge on any atom is -0.465 e. The number of nitrogens with one attached hydrogen (secondary N) is 2. The summed E-state index contributed by atoms with van der Waals surface area (Å²) in [6.07, 6.45) is 0.484. The van der Waals surface area contributed by atoms with E-state index in [1.807, 2.05) is 0 Å². The maximum Gasteiger partial charge on any atom is 0.337 e. The summed E-state index contributed by atoms with van der Waals surface area (Å²) < 4.78 is 30.5. The Kier molecular flexibility index (Phi) is 4.64. The minimum absolute atomic E-state index is 0.00457. The summed E-state index contributed by atoms with van der Waals surface area (Å²) >= 11 is 6.28. The Morgan fingerprint density at radius 2 is 2.00 bits per heavy atom. The third-order valence-electron chi connectivity index (χ3n) is 4.05. The number of aryl methyl sites for hydroxylation is 1. The second kappa shape index (κ2) is 6.62. The molecule has 1 heterocycles. The van der Waals surface area contributed by atoms with Crippen LogP contribution in [-0.4, -0.2) is 27.9 Å². The second-order valence-electron chi connectivity index (χ2n) is 5.80. The van der Waals surface area contributed by atoms with Crippen LogP contribution in [0.25, 0.3) is 0 Å². The van der Waals surface area contributed by atoms with E-state index in [4.69, 9.17) is 11.6 Å². The number of rotatable bonds is 3. The molecule has 1 aliphatic rings. The smallest absolute Gasteiger partial charge is 0.337 e. The predicted molar refractivity (Wildman–Crippen MR) is 97.8 cm³/mol. The molecule has 0 radical (unpaired) electrons. The molecule has 0 unspecified atom stereocenters. The Labute approximate surface area is 155 Å². The van der Waals surface area contributed by atoms with Crippen molar-refractivity contribution in [3.05, 3.63) is 46.0 Å². The molecule has 0 saturated carbocycles. The second-order valence-corrected chi connectivity index (χ2v) is 8.16. The van der Waals surface area contributed by atoms with Crippen LogP contribution in [0.3, 0.4) is 0 Å². The molecular formula is C17H15ClN2O5S. The number of hydrogen-bond acceptors (Lipinski definition) is 6. The van der Waals surface area contributed by atoms with Gasteiger partial charge in [0.05, 0.1) is 39.7 Å². The molecule has 136 valence electrons. The number of fused-ring (bicyclic) bond motifs is 2. The molecule has 3 rings (SSSR count). The van der Waals surface area contributed by atoms with Gasteiger partial charge < -0.3 is 15.4 Å². The number of halogens is 1. The highest BCUT2D eigenvalue weighted by Crippen LogP contribution is 2.41. The zero-order valence-electron chi connectivity index (χ0n) is 13.9. The van der Waals surface area contributed by atoms with Crippen molar-refractivity contribution in [3.63, 3.8) is 0 Å². The molecule has 26 heavy (non-hydrogen) atoms. The first-order valence-corrected chi connectivity index (χ1v) is 9.55. The maximum absolute atomic E-state index is 12.9. The highest BCUT2D eigenvalue weighted by atomic mass is 35.5. The first kappa shape index (κ1) is 18.2. The highest BCUT2D eigenvalue weighted by molar-refractivity contribution is 7.90. The van der Waals surface area contributed by atoms with Crippen LogP contribution >= 0.6 is 11.6 Å². The van der Waals surface area contributed by atoms with E-state index in [-0.39, 0.29) is 21.2 Å². The van der Waals surface area contributed by atoms with Crippen LogP contribution in [0.4, 0.5) is 17.1 Å². The molecule has 1 aliphatic heterocycles. The topological polar surface area (TPSA) is 102 Å². The van der Waals surface area contributed by atoms with Crippen LogP contribution in [0.2, 0.25) is 5.02 Å². The van der Waals surface area contributed by atoms with Gasteiger partial charge in [0.1, 0.15) is 0 Å². The lowest BCUT2D eigenvalue weighted by Crippen LogP contribution is -2.09. The van der Waals surface area contributed by atoms with Crippen molar-refractivity contribution in [2.24, 2.45) is 0 Å². The van der Waals surface area contributed by atoms with E-state index in [2.05, 4.69) is 15.4 Å². The van der Waals surface area contributed by atoms with Gasteiger partial charge in [-0.2, -0.15) is 0 Å². The predicted octanol–water partition coefficient (Wildman–Crippen LogP) is 3.03. The number of benzene rings is 2. The third kappa shape index (κ3) is 3.13. The number of anilines is 3. The number of hydrogen-bond donors (Lipinski definition) is 2. The standard InChI is InChI=1S/C17H15ClN2O5S/c1-9-3-10(17(22)25-2)5-14-15(9)20-16-11(7-26(14,23)24)4-12(19-8-21)6-13(16)18/h3-6,8,20H,7H2,1-2H3,(H,19,21). The molecule has 0 fully saturated rings. The normalized spacial score (nSPS) is 14.3. The zero-order valence-corrected chi connectivity index (χ0v) is 15.5. The van der Waals surface area contributed by atoms with Gasteiger partial charge >= 0.3 is 5.97 Å². The maximum atomic E-state index is 12.9. The lowest BCUT2D eigenvalue weighted by Gasteiger charge is -2.15. The van der Waals surface area contributed by atoms with Crippen LogP contribution < -0.4 is 10.6 Å². The van der Waals surface area contributed by atoms with E-state index in [0.717, 1.165) is 0 Å². The summed E-state index contributed by atoms with van der Waals surface area (Å²) in [6, 6.07) is 5.91. The molecule has 0 spiro atoms.